The zero-order valence-electron chi connectivity index (χ0n) is 26.0. The highest BCUT2D eigenvalue weighted by Gasteiger charge is 2.46. The van der Waals surface area contributed by atoms with E-state index in [4.69, 9.17) is 5.11 Å². The lowest BCUT2D eigenvalue weighted by Crippen LogP contribution is -2.43. The van der Waals surface area contributed by atoms with Gasteiger partial charge in [-0.25, -0.2) is 0 Å². The van der Waals surface area contributed by atoms with E-state index < -0.39 is 5.97 Å². The molecule has 3 fully saturated rings. The van der Waals surface area contributed by atoms with E-state index in [9.17, 15) is 14.4 Å². The molecule has 3 aliphatic carbocycles. The Balaban J connectivity index is 0.000000270. The lowest BCUT2D eigenvalue weighted by molar-refractivity contribution is -0.143. The normalized spacial score (nSPS) is 40.9. The van der Waals surface area contributed by atoms with Crippen molar-refractivity contribution in [1.29, 1.82) is 0 Å². The van der Waals surface area contributed by atoms with Crippen molar-refractivity contribution in [2.75, 3.05) is 0 Å². The number of hydrogen-bond donors (Lipinski definition) is 1. The Morgan fingerprint density at radius 1 is 0.722 bits per heavy atom. The predicted octanol–water partition coefficient (Wildman–Crippen LogP) is 8.18. The van der Waals surface area contributed by atoms with Gasteiger partial charge in [-0.2, -0.15) is 0 Å². The highest BCUT2D eigenvalue weighted by molar-refractivity contribution is 5.83. The first-order valence-corrected chi connectivity index (χ1v) is 14.4. The molecule has 3 rings (SSSR count). The molecule has 0 bridgehead atoms. The van der Waals surface area contributed by atoms with E-state index in [-0.39, 0.29) is 34.0 Å². The topological polar surface area (TPSA) is 71.4 Å². The van der Waals surface area contributed by atoms with Crippen molar-refractivity contribution in [3.05, 3.63) is 0 Å². The molecule has 3 aliphatic rings. The summed E-state index contributed by atoms with van der Waals surface area (Å²) < 4.78 is 0. The van der Waals surface area contributed by atoms with E-state index in [1.165, 1.54) is 0 Å². The molecule has 210 valence electrons. The maximum absolute atomic E-state index is 11.6. The van der Waals surface area contributed by atoms with Gasteiger partial charge in [-0.3, -0.25) is 14.4 Å². The largest absolute Gasteiger partial charge is 0.481 e. The Hall–Kier alpha value is -1.19. The Kier molecular flexibility index (Phi) is 10.7. The second-order valence-electron chi connectivity index (χ2n) is 14.8. The highest BCUT2D eigenvalue weighted by Crippen LogP contribution is 2.49. The Morgan fingerprint density at radius 2 is 1.19 bits per heavy atom. The minimum atomic E-state index is -0.625. The van der Waals surface area contributed by atoms with E-state index in [0.717, 1.165) is 19.3 Å². The number of ketones is 2. The van der Waals surface area contributed by atoms with Crippen LogP contribution in [0.25, 0.3) is 0 Å². The van der Waals surface area contributed by atoms with E-state index >= 15 is 0 Å². The third-order valence-electron chi connectivity index (χ3n) is 11.8. The average molecular weight is 507 g/mol. The Labute approximate surface area is 222 Å². The molecule has 1 N–H and O–H groups in total. The minimum Gasteiger partial charge on any atom is -0.481 e. The summed E-state index contributed by atoms with van der Waals surface area (Å²) in [5.41, 5.74) is 0.597. The summed E-state index contributed by atoms with van der Waals surface area (Å²) in [6.07, 6.45) is 2.37. The van der Waals surface area contributed by atoms with E-state index in [1.807, 2.05) is 0 Å². The van der Waals surface area contributed by atoms with Gasteiger partial charge in [0.15, 0.2) is 0 Å². The zero-order valence-corrected chi connectivity index (χ0v) is 26.0. The lowest BCUT2D eigenvalue weighted by Gasteiger charge is -2.44. The van der Waals surface area contributed by atoms with Crippen LogP contribution in [0.2, 0.25) is 0 Å². The van der Waals surface area contributed by atoms with Gasteiger partial charge in [0.25, 0.3) is 0 Å². The second-order valence-corrected chi connectivity index (χ2v) is 14.8. The van der Waals surface area contributed by atoms with Crippen LogP contribution in [-0.2, 0) is 14.4 Å². The Morgan fingerprint density at radius 3 is 1.58 bits per heavy atom. The number of carbonyl (C=O) groups excluding carboxylic acids is 2. The molecule has 4 nitrogen and oxygen atoms in total. The summed E-state index contributed by atoms with van der Waals surface area (Å²) in [5.74, 6) is 3.90. The number of Topliss-reactive ketones (excluding diaryl/α,β-unsaturated/α-hetero) is 2. The predicted molar refractivity (Wildman–Crippen MR) is 150 cm³/mol. The van der Waals surface area contributed by atoms with E-state index in [2.05, 4.69) is 96.9 Å². The standard InChI is InChI=1S/2C11H20O.C10H18O2/c1-7-8(2)10(12)6-11(4,5)9(7)3;1-7-6-10(12)9(3)11(4,5)8(7)2;1-6-7(2)10(3,4)5-8(6)9(11)12/h2*7-9H,6H2,1-5H3;6-8H,5H2,1-4H3,(H,11,12)/t7-,8?,9-;7-,8-,9?;6-,7+,8-/m110/s1. The highest BCUT2D eigenvalue weighted by atomic mass is 16.4. The quantitative estimate of drug-likeness (QED) is 0.389. The minimum absolute atomic E-state index is 0.130. The van der Waals surface area contributed by atoms with Crippen LogP contribution < -0.4 is 0 Å². The first kappa shape index (κ1) is 32.8. The smallest absolute Gasteiger partial charge is 0.306 e. The summed E-state index contributed by atoms with van der Waals surface area (Å²) >= 11 is 0. The first-order chi connectivity index (χ1) is 16.1. The fourth-order valence-corrected chi connectivity index (χ4v) is 6.73. The van der Waals surface area contributed by atoms with Crippen LogP contribution in [0.4, 0.5) is 0 Å². The third-order valence-corrected chi connectivity index (χ3v) is 11.8. The molecule has 0 radical (unpaired) electrons. The van der Waals surface area contributed by atoms with Gasteiger partial charge < -0.3 is 5.11 Å². The zero-order chi connectivity index (χ0) is 28.5. The van der Waals surface area contributed by atoms with Crippen LogP contribution in [0.3, 0.4) is 0 Å². The van der Waals surface area contributed by atoms with Crippen LogP contribution in [0.5, 0.6) is 0 Å². The summed E-state index contributed by atoms with van der Waals surface area (Å²) in [4.78, 5) is 34.0. The fraction of sp³-hybridized carbons (Fsp3) is 0.906. The van der Waals surface area contributed by atoms with E-state index in [1.54, 1.807) is 0 Å². The maximum atomic E-state index is 11.6. The fourth-order valence-electron chi connectivity index (χ4n) is 6.73. The van der Waals surface area contributed by atoms with Crippen LogP contribution in [0, 0.1) is 69.5 Å². The van der Waals surface area contributed by atoms with Crippen LogP contribution >= 0.6 is 0 Å². The molecular formula is C32H58O4. The van der Waals surface area contributed by atoms with Gasteiger partial charge in [0.05, 0.1) is 5.92 Å². The number of hydrogen-bond acceptors (Lipinski definition) is 3. The third kappa shape index (κ3) is 7.01. The van der Waals surface area contributed by atoms with Gasteiger partial charge >= 0.3 is 5.97 Å². The Bertz CT molecular complexity index is 790. The number of carboxylic acids is 1. The molecule has 3 saturated carbocycles. The molecule has 9 atom stereocenters. The van der Waals surface area contributed by atoms with E-state index in [0.29, 0.717) is 47.1 Å². The van der Waals surface area contributed by atoms with Crippen molar-refractivity contribution in [2.45, 2.75) is 116 Å². The van der Waals surface area contributed by atoms with Crippen molar-refractivity contribution >= 4 is 17.5 Å². The summed E-state index contributed by atoms with van der Waals surface area (Å²) in [6, 6.07) is 0. The SMILES string of the molecule is CC1C(=O)CC(C)(C)[C@H](C)[C@@H]1C.CC1C(=O)C[C@@H](C)[C@@H](C)C1(C)C.C[C@@H]1[C@@H](C(=O)O)CC(C)(C)[C@@H]1C. The molecule has 36 heavy (non-hydrogen) atoms. The molecular weight excluding hydrogens is 448 g/mol. The molecule has 0 aliphatic heterocycles. The number of rotatable bonds is 1. The van der Waals surface area contributed by atoms with Gasteiger partial charge in [0.2, 0.25) is 0 Å². The van der Waals surface area contributed by atoms with Crippen molar-refractivity contribution in [3.63, 3.8) is 0 Å². The molecule has 0 heterocycles. The molecule has 0 aromatic rings. The van der Waals surface area contributed by atoms with Crippen molar-refractivity contribution in [1.82, 2.24) is 0 Å². The van der Waals surface area contributed by atoms with Crippen molar-refractivity contribution in [3.8, 4) is 0 Å². The molecule has 0 saturated heterocycles. The maximum Gasteiger partial charge on any atom is 0.306 e. The van der Waals surface area contributed by atoms with Crippen LogP contribution in [-0.4, -0.2) is 22.6 Å². The van der Waals surface area contributed by atoms with Gasteiger partial charge in [0, 0.05) is 24.7 Å². The molecule has 0 amide bonds. The first-order valence-electron chi connectivity index (χ1n) is 14.4. The summed E-state index contributed by atoms with van der Waals surface area (Å²) in [7, 11) is 0. The van der Waals surface area contributed by atoms with Crippen LogP contribution in [0.1, 0.15) is 116 Å². The van der Waals surface area contributed by atoms with Gasteiger partial charge in [0.1, 0.15) is 11.6 Å². The second kappa shape index (κ2) is 11.7. The molecule has 0 spiro atoms. The van der Waals surface area contributed by atoms with Crippen LogP contribution in [0.15, 0.2) is 0 Å². The number of carboxylic acid groups (broad SMARTS) is 1. The molecule has 4 heteroatoms. The molecule has 0 aromatic heterocycles. The lowest BCUT2D eigenvalue weighted by atomic mass is 9.59. The number of aliphatic carboxylic acids is 1. The average Bonchev–Trinajstić information content (AvgIpc) is 2.98. The molecule has 2 unspecified atom stereocenters. The monoisotopic (exact) mass is 506 g/mol. The van der Waals surface area contributed by atoms with Gasteiger partial charge in [-0.1, -0.05) is 96.9 Å². The molecule has 0 aromatic carbocycles. The summed E-state index contributed by atoms with van der Waals surface area (Å²) in [6.45, 7) is 30.5. The van der Waals surface area contributed by atoms with Gasteiger partial charge in [-0.15, -0.1) is 0 Å². The van der Waals surface area contributed by atoms with Crippen molar-refractivity contribution in [2.24, 2.45) is 69.5 Å². The summed E-state index contributed by atoms with van der Waals surface area (Å²) in [5, 5.41) is 8.93. The number of carbonyl (C=O) groups is 3. The van der Waals surface area contributed by atoms with Gasteiger partial charge in [-0.05, 0) is 58.2 Å². The van der Waals surface area contributed by atoms with Crippen molar-refractivity contribution < 1.29 is 19.5 Å².